The van der Waals surface area contributed by atoms with Crippen LogP contribution in [0.15, 0.2) is 182 Å². The monoisotopic (exact) mass is 698 g/mol. The summed E-state index contributed by atoms with van der Waals surface area (Å²) in [5.74, 6) is 1.94. The lowest BCUT2D eigenvalue weighted by Gasteiger charge is -2.16. The van der Waals surface area contributed by atoms with Gasteiger partial charge in [0, 0.05) is 38.7 Å². The van der Waals surface area contributed by atoms with Crippen molar-refractivity contribution in [1.29, 1.82) is 0 Å². The number of aromatic nitrogens is 4. The third-order valence-electron chi connectivity index (χ3n) is 11.3. The van der Waals surface area contributed by atoms with E-state index in [1.165, 1.54) is 59.8 Å². The van der Waals surface area contributed by atoms with Gasteiger partial charge in [0.1, 0.15) is 0 Å². The molecular weight excluding hydrogens is 669 g/mol. The Labute approximate surface area is 316 Å². The number of fused-ring (bicyclic) bond motifs is 10. The zero-order valence-corrected chi connectivity index (χ0v) is 29.6. The molecule has 0 unspecified atom stereocenters. The summed E-state index contributed by atoms with van der Waals surface area (Å²) in [4.78, 5) is 15.7. The molecule has 2 aromatic heterocycles. The Morgan fingerprint density at radius 2 is 0.818 bits per heavy atom. The number of hydrogen-bond donors (Lipinski definition) is 0. The lowest BCUT2D eigenvalue weighted by Crippen LogP contribution is -2.02. The highest BCUT2D eigenvalue weighted by molar-refractivity contribution is 6.28. The van der Waals surface area contributed by atoms with Crippen molar-refractivity contribution in [2.75, 3.05) is 0 Å². The molecule has 0 saturated heterocycles. The van der Waals surface area contributed by atoms with Crippen LogP contribution in [-0.4, -0.2) is 19.5 Å². The molecule has 0 N–H and O–H groups in total. The Morgan fingerprint density at radius 3 is 1.42 bits per heavy atom. The average Bonchev–Trinajstić information content (AvgIpc) is 3.78. The largest absolute Gasteiger partial charge is 0.309 e. The molecule has 0 saturated carbocycles. The molecule has 0 fully saturated rings. The summed E-state index contributed by atoms with van der Waals surface area (Å²) < 4.78 is 2.45. The summed E-state index contributed by atoms with van der Waals surface area (Å²) in [7, 11) is 0. The predicted octanol–water partition coefficient (Wildman–Crippen LogP) is 13.1. The average molecular weight is 699 g/mol. The van der Waals surface area contributed by atoms with E-state index in [0.29, 0.717) is 17.5 Å². The van der Waals surface area contributed by atoms with Gasteiger partial charge in [0.25, 0.3) is 0 Å². The van der Waals surface area contributed by atoms with Crippen molar-refractivity contribution in [2.24, 2.45) is 0 Å². The first-order valence-electron chi connectivity index (χ1n) is 18.7. The van der Waals surface area contributed by atoms with E-state index >= 15 is 0 Å². The number of rotatable bonds is 4. The maximum atomic E-state index is 5.30. The van der Waals surface area contributed by atoms with Gasteiger partial charge >= 0.3 is 0 Å². The lowest BCUT2D eigenvalue weighted by atomic mass is 9.96. The van der Waals surface area contributed by atoms with Crippen LogP contribution in [-0.2, 0) is 0 Å². The first kappa shape index (κ1) is 30.1. The van der Waals surface area contributed by atoms with Gasteiger partial charge in [-0.15, -0.1) is 0 Å². The molecule has 12 rings (SSSR count). The first-order valence-corrected chi connectivity index (χ1v) is 18.7. The molecule has 9 aromatic carbocycles. The van der Waals surface area contributed by atoms with Crippen LogP contribution in [0.3, 0.4) is 0 Å². The van der Waals surface area contributed by atoms with Crippen LogP contribution >= 0.6 is 0 Å². The SMILES string of the molecule is c1ccc(-c2nc(-c3ccccc3)nc(-c3cc(-n4c5ccc6ccccc6c5c5c6ccccc6ccc54)cc4c3-c3cccc5cccc-4c35)n2)cc1. The van der Waals surface area contributed by atoms with Crippen LogP contribution in [0.5, 0.6) is 0 Å². The zero-order chi connectivity index (χ0) is 36.0. The van der Waals surface area contributed by atoms with Gasteiger partial charge in [0.05, 0.1) is 11.0 Å². The summed E-state index contributed by atoms with van der Waals surface area (Å²) in [5, 5.41) is 9.95. The molecule has 2 heterocycles. The van der Waals surface area contributed by atoms with Gasteiger partial charge < -0.3 is 4.57 Å². The van der Waals surface area contributed by atoms with Crippen LogP contribution < -0.4 is 0 Å². The summed E-state index contributed by atoms with van der Waals surface area (Å²) in [6, 6.07) is 65.0. The maximum Gasteiger partial charge on any atom is 0.164 e. The van der Waals surface area contributed by atoms with Crippen molar-refractivity contribution < 1.29 is 0 Å². The van der Waals surface area contributed by atoms with Crippen molar-refractivity contribution in [2.45, 2.75) is 0 Å². The number of hydrogen-bond acceptors (Lipinski definition) is 3. The highest BCUT2D eigenvalue weighted by Crippen LogP contribution is 2.52. The fourth-order valence-corrected chi connectivity index (χ4v) is 8.96. The number of nitrogens with zero attached hydrogens (tertiary/aromatic N) is 4. The summed E-state index contributed by atoms with van der Waals surface area (Å²) in [6.45, 7) is 0. The fraction of sp³-hybridized carbons (Fsp3) is 0. The minimum atomic E-state index is 0.645. The second-order valence-electron chi connectivity index (χ2n) is 14.4. The van der Waals surface area contributed by atoms with Crippen LogP contribution in [0.2, 0.25) is 0 Å². The van der Waals surface area contributed by atoms with E-state index in [4.69, 9.17) is 15.0 Å². The second-order valence-corrected chi connectivity index (χ2v) is 14.4. The summed E-state index contributed by atoms with van der Waals surface area (Å²) in [6.07, 6.45) is 0. The molecule has 11 aromatic rings. The molecule has 4 nitrogen and oxygen atoms in total. The first-order chi connectivity index (χ1) is 27.3. The van der Waals surface area contributed by atoms with Crippen LogP contribution in [0.4, 0.5) is 0 Å². The topological polar surface area (TPSA) is 43.6 Å². The minimum Gasteiger partial charge on any atom is -0.309 e. The normalized spacial score (nSPS) is 12.0. The van der Waals surface area contributed by atoms with Gasteiger partial charge in [-0.1, -0.05) is 158 Å². The molecule has 4 heteroatoms. The van der Waals surface area contributed by atoms with Crippen molar-refractivity contribution >= 4 is 54.1 Å². The van der Waals surface area contributed by atoms with Crippen molar-refractivity contribution in [3.05, 3.63) is 182 Å². The maximum absolute atomic E-state index is 5.30. The molecule has 0 spiro atoms. The fourth-order valence-electron chi connectivity index (χ4n) is 8.96. The molecule has 254 valence electrons. The van der Waals surface area contributed by atoms with E-state index in [0.717, 1.165) is 39.0 Å². The van der Waals surface area contributed by atoms with Gasteiger partial charge in [0.2, 0.25) is 0 Å². The van der Waals surface area contributed by atoms with E-state index in [1.54, 1.807) is 0 Å². The van der Waals surface area contributed by atoms with E-state index in [1.807, 2.05) is 36.4 Å². The second kappa shape index (κ2) is 11.5. The molecule has 0 aliphatic heterocycles. The predicted molar refractivity (Wildman–Crippen MR) is 227 cm³/mol. The highest BCUT2D eigenvalue weighted by Gasteiger charge is 2.28. The van der Waals surface area contributed by atoms with Crippen LogP contribution in [0, 0.1) is 0 Å². The Kier molecular flexibility index (Phi) is 6.31. The smallest absolute Gasteiger partial charge is 0.164 e. The molecule has 0 radical (unpaired) electrons. The van der Waals surface area contributed by atoms with Crippen LogP contribution in [0.1, 0.15) is 0 Å². The van der Waals surface area contributed by atoms with Crippen LogP contribution in [0.25, 0.3) is 116 Å². The van der Waals surface area contributed by atoms with Crippen molar-refractivity contribution in [3.63, 3.8) is 0 Å². The third kappa shape index (κ3) is 4.43. The van der Waals surface area contributed by atoms with Gasteiger partial charge in [-0.25, -0.2) is 15.0 Å². The molecule has 0 bridgehead atoms. The molecule has 55 heavy (non-hydrogen) atoms. The Balaban J connectivity index is 1.23. The van der Waals surface area contributed by atoms with E-state index in [-0.39, 0.29) is 0 Å². The van der Waals surface area contributed by atoms with E-state index in [2.05, 4.69) is 150 Å². The standard InChI is InChI=1S/C51H30N4/c1-3-15-34(16-4-1)49-52-50(35-17-5-2-6-18-35)54-51(53-49)42-30-36(29-41-39-23-11-19-33-20-12-24-40(45(33)39)46(41)42)55-43-27-25-31-13-7-9-21-37(31)47(43)48-38-22-10-8-14-32(38)26-28-44(48)55/h1-30H. The molecule has 0 atom stereocenters. The van der Waals surface area contributed by atoms with Gasteiger partial charge in [-0.2, -0.15) is 0 Å². The molecule has 0 amide bonds. The Hall–Kier alpha value is -7.43. The van der Waals surface area contributed by atoms with E-state index < -0.39 is 0 Å². The van der Waals surface area contributed by atoms with Gasteiger partial charge in [-0.3, -0.25) is 0 Å². The number of benzene rings is 9. The minimum absolute atomic E-state index is 0.645. The molecule has 1 aliphatic carbocycles. The van der Waals surface area contributed by atoms with E-state index in [9.17, 15) is 0 Å². The molecule has 1 aliphatic rings. The lowest BCUT2D eigenvalue weighted by molar-refractivity contribution is 1.07. The Morgan fingerprint density at radius 1 is 0.327 bits per heavy atom. The molecular formula is C51H30N4. The van der Waals surface area contributed by atoms with Crippen molar-refractivity contribution in [3.8, 4) is 62.1 Å². The zero-order valence-electron chi connectivity index (χ0n) is 29.6. The quantitative estimate of drug-likeness (QED) is 0.184. The summed E-state index contributed by atoms with van der Waals surface area (Å²) >= 11 is 0. The van der Waals surface area contributed by atoms with Gasteiger partial charge in [0.15, 0.2) is 17.5 Å². The Bertz CT molecular complexity index is 3210. The summed E-state index contributed by atoms with van der Waals surface area (Å²) in [5.41, 5.74) is 11.0. The van der Waals surface area contributed by atoms with Gasteiger partial charge in [-0.05, 0) is 73.3 Å². The highest BCUT2D eigenvalue weighted by atomic mass is 15.0. The van der Waals surface area contributed by atoms with Crippen molar-refractivity contribution in [1.82, 2.24) is 19.5 Å². The third-order valence-corrected chi connectivity index (χ3v) is 11.3.